The number of ketones is 1. The maximum absolute atomic E-state index is 13.2. The van der Waals surface area contributed by atoms with Crippen molar-refractivity contribution >= 4 is 17.4 Å². The Morgan fingerprint density at radius 1 is 1.03 bits per heavy atom. The molecule has 0 aliphatic carbocycles. The van der Waals surface area contributed by atoms with Crippen molar-refractivity contribution in [3.63, 3.8) is 0 Å². The van der Waals surface area contributed by atoms with Gasteiger partial charge in [0.2, 0.25) is 0 Å². The predicted molar refractivity (Wildman–Crippen MR) is 120 cm³/mol. The Hall–Kier alpha value is -3.80. The summed E-state index contributed by atoms with van der Waals surface area (Å²) < 4.78 is 10.8. The van der Waals surface area contributed by atoms with E-state index in [1.807, 2.05) is 51.1 Å². The molecular weight excluding hydrogens is 406 g/mol. The summed E-state index contributed by atoms with van der Waals surface area (Å²) in [6.45, 7) is 5.74. The maximum Gasteiger partial charge on any atom is 0.296 e. The zero-order chi connectivity index (χ0) is 23.0. The molecule has 0 saturated carbocycles. The van der Waals surface area contributed by atoms with Crippen LogP contribution in [0.25, 0.3) is 5.76 Å². The summed E-state index contributed by atoms with van der Waals surface area (Å²) >= 11 is 0. The van der Waals surface area contributed by atoms with Gasteiger partial charge in [-0.3, -0.25) is 9.59 Å². The van der Waals surface area contributed by atoms with Crippen molar-refractivity contribution in [1.82, 2.24) is 4.90 Å². The maximum atomic E-state index is 13.2. The lowest BCUT2D eigenvalue weighted by molar-refractivity contribution is -0.140. The second kappa shape index (κ2) is 8.38. The van der Waals surface area contributed by atoms with Crippen LogP contribution in [0.3, 0.4) is 0 Å². The van der Waals surface area contributed by atoms with E-state index in [2.05, 4.69) is 0 Å². The van der Waals surface area contributed by atoms with Gasteiger partial charge < -0.3 is 19.2 Å². The fraction of sp³-hybridized carbons (Fsp3) is 0.231. The number of hydrogen-bond donors (Lipinski definition) is 1. The normalized spacial score (nSPS) is 17.8. The van der Waals surface area contributed by atoms with E-state index in [4.69, 9.17) is 9.15 Å². The number of carbonyl (C=O) groups is 2. The molecule has 1 aromatic heterocycles. The second-order valence-electron chi connectivity index (χ2n) is 8.00. The third-order valence-electron chi connectivity index (χ3n) is 5.93. The van der Waals surface area contributed by atoms with Gasteiger partial charge in [0.1, 0.15) is 17.3 Å². The average molecular weight is 431 g/mol. The van der Waals surface area contributed by atoms with E-state index < -0.39 is 17.7 Å². The number of nitrogens with zero attached hydrogens (tertiary/aromatic N) is 1. The fourth-order valence-corrected chi connectivity index (χ4v) is 4.24. The molecule has 1 fully saturated rings. The van der Waals surface area contributed by atoms with Crippen LogP contribution in [0.1, 0.15) is 39.6 Å². The summed E-state index contributed by atoms with van der Waals surface area (Å²) in [5.41, 5.74) is 3.82. The standard InChI is InChI=1S/C26H25NO5/c1-15-8-5-6-10-19(15)23-22(24(28)20-12-17(3)21(31-4)13-16(20)2)25(29)26(30)27(23)14-18-9-7-11-32-18/h5-13,23,28H,14H2,1-4H3/b24-22+. The molecule has 3 aromatic rings. The third-order valence-corrected chi connectivity index (χ3v) is 5.93. The number of Topliss-reactive ketones (excluding diaryl/α,β-unsaturated/α-hetero) is 1. The molecule has 4 rings (SSSR count). The van der Waals surface area contributed by atoms with Crippen molar-refractivity contribution in [3.8, 4) is 5.75 Å². The molecule has 1 unspecified atom stereocenters. The van der Waals surface area contributed by atoms with Crippen LogP contribution in [0.5, 0.6) is 5.75 Å². The molecule has 0 spiro atoms. The first kappa shape index (κ1) is 21.4. The molecule has 1 amide bonds. The molecule has 1 atom stereocenters. The van der Waals surface area contributed by atoms with Crippen LogP contribution >= 0.6 is 0 Å². The predicted octanol–water partition coefficient (Wildman–Crippen LogP) is 4.84. The summed E-state index contributed by atoms with van der Waals surface area (Å²) in [7, 11) is 1.58. The van der Waals surface area contributed by atoms with E-state index in [0.717, 1.165) is 22.3 Å². The van der Waals surface area contributed by atoms with Gasteiger partial charge in [0, 0.05) is 5.56 Å². The monoisotopic (exact) mass is 431 g/mol. The summed E-state index contributed by atoms with van der Waals surface area (Å²) in [5.74, 6) is -0.328. The quantitative estimate of drug-likeness (QED) is 0.355. The Labute approximate surface area is 186 Å². The largest absolute Gasteiger partial charge is 0.507 e. The summed E-state index contributed by atoms with van der Waals surface area (Å²) in [6, 6.07) is 13.9. The van der Waals surface area contributed by atoms with Crippen LogP contribution in [-0.2, 0) is 16.1 Å². The summed E-state index contributed by atoms with van der Waals surface area (Å²) in [5, 5.41) is 11.4. The fourth-order valence-electron chi connectivity index (χ4n) is 4.24. The molecule has 2 aromatic carbocycles. The molecule has 6 nitrogen and oxygen atoms in total. The first-order chi connectivity index (χ1) is 15.3. The van der Waals surface area contributed by atoms with E-state index >= 15 is 0 Å². The molecular formula is C26H25NO5. The van der Waals surface area contributed by atoms with Gasteiger partial charge in [-0.05, 0) is 67.3 Å². The Bertz CT molecular complexity index is 1220. The van der Waals surface area contributed by atoms with E-state index in [0.29, 0.717) is 17.1 Å². The Kier molecular flexibility index (Phi) is 5.61. The van der Waals surface area contributed by atoms with Crippen molar-refractivity contribution in [2.45, 2.75) is 33.4 Å². The molecule has 1 saturated heterocycles. The molecule has 2 heterocycles. The molecule has 1 aliphatic rings. The zero-order valence-electron chi connectivity index (χ0n) is 18.5. The number of benzene rings is 2. The number of hydrogen-bond acceptors (Lipinski definition) is 5. The van der Waals surface area contributed by atoms with Gasteiger partial charge in [-0.15, -0.1) is 0 Å². The molecule has 1 N–H and O–H groups in total. The number of carbonyl (C=O) groups excluding carboxylic acids is 2. The van der Waals surface area contributed by atoms with Crippen LogP contribution in [0.2, 0.25) is 0 Å². The number of methoxy groups -OCH3 is 1. The highest BCUT2D eigenvalue weighted by atomic mass is 16.5. The van der Waals surface area contributed by atoms with Crippen LogP contribution in [0, 0.1) is 20.8 Å². The van der Waals surface area contributed by atoms with Gasteiger partial charge in [0.05, 0.1) is 31.5 Å². The van der Waals surface area contributed by atoms with Crippen molar-refractivity contribution in [2.24, 2.45) is 0 Å². The number of amides is 1. The van der Waals surface area contributed by atoms with E-state index in [1.165, 1.54) is 11.2 Å². The number of ether oxygens (including phenoxy) is 1. The van der Waals surface area contributed by atoms with Crippen molar-refractivity contribution in [2.75, 3.05) is 7.11 Å². The lowest BCUT2D eigenvalue weighted by Gasteiger charge is -2.26. The lowest BCUT2D eigenvalue weighted by atomic mass is 9.91. The number of aryl methyl sites for hydroxylation is 3. The molecule has 0 bridgehead atoms. The van der Waals surface area contributed by atoms with E-state index in [1.54, 1.807) is 25.3 Å². The summed E-state index contributed by atoms with van der Waals surface area (Å²) in [6.07, 6.45) is 1.53. The van der Waals surface area contributed by atoms with Crippen LogP contribution in [-0.4, -0.2) is 28.8 Å². The van der Waals surface area contributed by atoms with Crippen LogP contribution in [0.4, 0.5) is 0 Å². The van der Waals surface area contributed by atoms with Gasteiger partial charge in [-0.1, -0.05) is 24.3 Å². The third kappa shape index (κ3) is 3.58. The average Bonchev–Trinajstić information content (AvgIpc) is 3.37. The van der Waals surface area contributed by atoms with Gasteiger partial charge >= 0.3 is 0 Å². The highest BCUT2D eigenvalue weighted by Gasteiger charge is 2.46. The molecule has 164 valence electrons. The van der Waals surface area contributed by atoms with Gasteiger partial charge in [-0.2, -0.15) is 0 Å². The number of aliphatic hydroxyl groups excluding tert-OH is 1. The number of rotatable bonds is 5. The van der Waals surface area contributed by atoms with E-state index in [-0.39, 0.29) is 17.9 Å². The highest BCUT2D eigenvalue weighted by molar-refractivity contribution is 6.46. The molecule has 1 aliphatic heterocycles. The number of aliphatic hydroxyl groups is 1. The van der Waals surface area contributed by atoms with Gasteiger partial charge in [-0.25, -0.2) is 0 Å². The molecule has 32 heavy (non-hydrogen) atoms. The van der Waals surface area contributed by atoms with Gasteiger partial charge in [0.15, 0.2) is 0 Å². The molecule has 6 heteroatoms. The Balaban J connectivity index is 1.93. The smallest absolute Gasteiger partial charge is 0.296 e. The van der Waals surface area contributed by atoms with Crippen LogP contribution < -0.4 is 4.74 Å². The number of furan rings is 1. The lowest BCUT2D eigenvalue weighted by Crippen LogP contribution is -2.29. The first-order valence-corrected chi connectivity index (χ1v) is 10.4. The van der Waals surface area contributed by atoms with E-state index in [9.17, 15) is 14.7 Å². The van der Waals surface area contributed by atoms with Crippen molar-refractivity contribution in [1.29, 1.82) is 0 Å². The minimum atomic E-state index is -0.733. The Morgan fingerprint density at radius 3 is 2.44 bits per heavy atom. The van der Waals surface area contributed by atoms with Crippen molar-refractivity contribution < 1.29 is 23.8 Å². The minimum absolute atomic E-state index is 0.0727. The first-order valence-electron chi connectivity index (χ1n) is 10.4. The summed E-state index contributed by atoms with van der Waals surface area (Å²) in [4.78, 5) is 27.8. The second-order valence-corrected chi connectivity index (χ2v) is 8.00. The Morgan fingerprint density at radius 2 is 1.78 bits per heavy atom. The topological polar surface area (TPSA) is 80.0 Å². The zero-order valence-corrected chi connectivity index (χ0v) is 18.5. The van der Waals surface area contributed by atoms with Gasteiger partial charge in [0.25, 0.3) is 11.7 Å². The highest BCUT2D eigenvalue weighted by Crippen LogP contribution is 2.42. The number of likely N-dealkylation sites (tertiary alicyclic amines) is 1. The van der Waals surface area contributed by atoms with Crippen LogP contribution in [0.15, 0.2) is 64.8 Å². The minimum Gasteiger partial charge on any atom is -0.507 e. The molecule has 0 radical (unpaired) electrons. The van der Waals surface area contributed by atoms with Crippen molar-refractivity contribution in [3.05, 3.63) is 93.9 Å². The SMILES string of the molecule is COc1cc(C)c(/C(O)=C2\C(=O)C(=O)N(Cc3ccco3)C2c2ccccc2C)cc1C.